The molecule has 0 saturated heterocycles. The predicted molar refractivity (Wildman–Crippen MR) is 293 cm³/mol. The molecule has 0 amide bonds. The summed E-state index contributed by atoms with van der Waals surface area (Å²) < 4.78 is 16.8. The second-order valence-corrected chi connectivity index (χ2v) is 18.1. The third-order valence-corrected chi connectivity index (χ3v) is 11.5. The highest BCUT2D eigenvalue weighted by Crippen LogP contribution is 2.13. The van der Waals surface area contributed by atoms with Crippen molar-refractivity contribution in [2.45, 2.75) is 252 Å². The molecular formula is C62H102O6. The molecule has 0 aliphatic rings. The van der Waals surface area contributed by atoms with Crippen LogP contribution in [0, 0.1) is 0 Å². The lowest BCUT2D eigenvalue weighted by Gasteiger charge is -2.18. The van der Waals surface area contributed by atoms with E-state index in [-0.39, 0.29) is 31.1 Å². The molecule has 0 N–H and O–H groups in total. The number of hydrogen-bond acceptors (Lipinski definition) is 6. The molecule has 0 aromatic rings. The number of allylic oxidation sites excluding steroid dienone is 18. The highest BCUT2D eigenvalue weighted by molar-refractivity contribution is 5.71. The lowest BCUT2D eigenvalue weighted by atomic mass is 10.1. The summed E-state index contributed by atoms with van der Waals surface area (Å²) in [7, 11) is 0. The van der Waals surface area contributed by atoms with Gasteiger partial charge in [0.15, 0.2) is 6.10 Å². The summed E-state index contributed by atoms with van der Waals surface area (Å²) in [5.74, 6) is -0.952. The van der Waals surface area contributed by atoms with Gasteiger partial charge in [-0.1, -0.05) is 214 Å². The summed E-state index contributed by atoms with van der Waals surface area (Å²) in [6, 6.07) is 0. The largest absolute Gasteiger partial charge is 0.462 e. The Morgan fingerprint density at radius 2 is 0.588 bits per heavy atom. The van der Waals surface area contributed by atoms with Crippen molar-refractivity contribution >= 4 is 17.9 Å². The number of hydrogen-bond donors (Lipinski definition) is 0. The molecule has 6 nitrogen and oxygen atoms in total. The van der Waals surface area contributed by atoms with Gasteiger partial charge in [0.25, 0.3) is 0 Å². The minimum absolute atomic E-state index is 0.101. The van der Waals surface area contributed by atoms with Crippen molar-refractivity contribution in [3.8, 4) is 0 Å². The van der Waals surface area contributed by atoms with Crippen LogP contribution in [0.4, 0.5) is 0 Å². The Morgan fingerprint density at radius 3 is 0.941 bits per heavy atom. The number of carbonyl (C=O) groups excluding carboxylic acids is 3. The third-order valence-electron chi connectivity index (χ3n) is 11.5. The molecule has 0 rings (SSSR count). The smallest absolute Gasteiger partial charge is 0.306 e. The summed E-state index contributed by atoms with van der Waals surface area (Å²) in [5.41, 5.74) is 0. The summed E-state index contributed by atoms with van der Waals surface area (Å²) in [4.78, 5) is 38.1. The van der Waals surface area contributed by atoms with E-state index in [1.165, 1.54) is 57.8 Å². The molecule has 0 saturated carbocycles. The van der Waals surface area contributed by atoms with Crippen LogP contribution < -0.4 is 0 Å². The van der Waals surface area contributed by atoms with Crippen molar-refractivity contribution in [2.75, 3.05) is 13.2 Å². The second kappa shape index (κ2) is 55.7. The van der Waals surface area contributed by atoms with Gasteiger partial charge in [0.1, 0.15) is 13.2 Å². The van der Waals surface area contributed by atoms with Gasteiger partial charge in [-0.05, 0) is 122 Å². The van der Waals surface area contributed by atoms with Gasteiger partial charge < -0.3 is 14.2 Å². The normalized spacial score (nSPS) is 12.9. The lowest BCUT2D eigenvalue weighted by Crippen LogP contribution is -2.30. The molecule has 1 unspecified atom stereocenters. The summed E-state index contributed by atoms with van der Waals surface area (Å²) >= 11 is 0. The molecule has 0 aromatic heterocycles. The highest BCUT2D eigenvalue weighted by atomic mass is 16.6. The maximum atomic E-state index is 12.8. The first kappa shape index (κ1) is 64.1. The first-order valence-corrected chi connectivity index (χ1v) is 27.9. The molecule has 0 aromatic carbocycles. The van der Waals surface area contributed by atoms with Gasteiger partial charge in [-0.15, -0.1) is 0 Å². The Kier molecular flexibility index (Phi) is 52.4. The molecule has 0 bridgehead atoms. The zero-order chi connectivity index (χ0) is 49.3. The maximum Gasteiger partial charge on any atom is 0.306 e. The van der Waals surface area contributed by atoms with Crippen LogP contribution in [0.1, 0.15) is 245 Å². The van der Waals surface area contributed by atoms with E-state index in [2.05, 4.69) is 130 Å². The molecular weight excluding hydrogens is 841 g/mol. The van der Waals surface area contributed by atoms with E-state index in [0.717, 1.165) is 148 Å². The fraction of sp³-hybridized carbons (Fsp3) is 0.661. The van der Waals surface area contributed by atoms with E-state index in [9.17, 15) is 14.4 Å². The zero-order valence-electron chi connectivity index (χ0n) is 44.1. The van der Waals surface area contributed by atoms with Gasteiger partial charge >= 0.3 is 17.9 Å². The van der Waals surface area contributed by atoms with Crippen molar-refractivity contribution in [3.63, 3.8) is 0 Å². The minimum atomic E-state index is -0.805. The SMILES string of the molecule is CC/C=C\C/C=C\C/C=C\C/C=C\CCCCCCC(=O)OC(COC(=O)CCCCCCC/C=C\C/C=C\CCCC)COC(=O)CCCCCCCC/C=C\C/C=C\C/C=C\CCCCC. The summed E-state index contributed by atoms with van der Waals surface area (Å²) in [5, 5.41) is 0. The molecule has 0 aliphatic heterocycles. The summed E-state index contributed by atoms with van der Waals surface area (Å²) in [6.07, 6.45) is 74.9. The molecule has 0 fully saturated rings. The molecule has 6 heteroatoms. The molecule has 0 spiro atoms. The van der Waals surface area contributed by atoms with Crippen molar-refractivity contribution in [1.29, 1.82) is 0 Å². The van der Waals surface area contributed by atoms with Crippen LogP contribution in [-0.2, 0) is 28.6 Å². The first-order valence-electron chi connectivity index (χ1n) is 27.9. The van der Waals surface area contributed by atoms with Crippen LogP contribution in [0.2, 0.25) is 0 Å². The third kappa shape index (κ3) is 53.0. The van der Waals surface area contributed by atoms with Crippen LogP contribution in [0.3, 0.4) is 0 Å². The van der Waals surface area contributed by atoms with Crippen LogP contribution in [0.5, 0.6) is 0 Å². The zero-order valence-corrected chi connectivity index (χ0v) is 44.1. The van der Waals surface area contributed by atoms with Crippen molar-refractivity contribution in [3.05, 3.63) is 109 Å². The Morgan fingerprint density at radius 1 is 0.309 bits per heavy atom. The number of rotatable bonds is 49. The van der Waals surface area contributed by atoms with Gasteiger partial charge in [0.2, 0.25) is 0 Å². The van der Waals surface area contributed by atoms with E-state index >= 15 is 0 Å². The van der Waals surface area contributed by atoms with Crippen LogP contribution >= 0.6 is 0 Å². The van der Waals surface area contributed by atoms with E-state index in [0.29, 0.717) is 19.3 Å². The first-order chi connectivity index (χ1) is 33.5. The van der Waals surface area contributed by atoms with Crippen LogP contribution in [-0.4, -0.2) is 37.2 Å². The molecule has 1 atom stereocenters. The second-order valence-electron chi connectivity index (χ2n) is 18.1. The Hall–Kier alpha value is -3.93. The van der Waals surface area contributed by atoms with E-state index in [4.69, 9.17) is 14.2 Å². The minimum Gasteiger partial charge on any atom is -0.462 e. The topological polar surface area (TPSA) is 78.9 Å². The van der Waals surface area contributed by atoms with Gasteiger partial charge in [-0.3, -0.25) is 14.4 Å². The quantitative estimate of drug-likeness (QED) is 0.0262. The van der Waals surface area contributed by atoms with E-state index in [1.807, 2.05) is 0 Å². The van der Waals surface area contributed by atoms with Crippen molar-refractivity contribution < 1.29 is 28.6 Å². The fourth-order valence-electron chi connectivity index (χ4n) is 7.28. The Bertz CT molecular complexity index is 1410. The number of esters is 3. The number of carbonyl (C=O) groups is 3. The van der Waals surface area contributed by atoms with Crippen molar-refractivity contribution in [1.82, 2.24) is 0 Å². The number of ether oxygens (including phenoxy) is 3. The van der Waals surface area contributed by atoms with E-state index in [1.54, 1.807) is 0 Å². The summed E-state index contributed by atoms with van der Waals surface area (Å²) in [6.45, 7) is 6.41. The van der Waals surface area contributed by atoms with Gasteiger partial charge in [0, 0.05) is 19.3 Å². The number of unbranched alkanes of at least 4 members (excludes halogenated alkanes) is 20. The monoisotopic (exact) mass is 943 g/mol. The van der Waals surface area contributed by atoms with Gasteiger partial charge in [-0.25, -0.2) is 0 Å². The lowest BCUT2D eigenvalue weighted by molar-refractivity contribution is -0.167. The Labute approximate surface area is 419 Å². The average Bonchev–Trinajstić information content (AvgIpc) is 3.34. The van der Waals surface area contributed by atoms with Gasteiger partial charge in [-0.2, -0.15) is 0 Å². The molecule has 386 valence electrons. The highest BCUT2D eigenvalue weighted by Gasteiger charge is 2.19. The Balaban J connectivity index is 4.48. The molecule has 68 heavy (non-hydrogen) atoms. The van der Waals surface area contributed by atoms with Crippen molar-refractivity contribution in [2.24, 2.45) is 0 Å². The molecule has 0 heterocycles. The average molecular weight is 943 g/mol. The van der Waals surface area contributed by atoms with E-state index < -0.39 is 6.10 Å². The molecule has 0 radical (unpaired) electrons. The standard InChI is InChI=1S/C62H102O6/c1-4-7-10-13-16-19-22-25-28-30-31-33-34-37-40-43-46-49-52-55-61(64)67-58-59(57-66-60(63)54-51-48-45-42-39-36-27-24-21-18-15-12-9-6-3)68-62(65)56-53-50-47-44-41-38-35-32-29-26-23-20-17-14-11-8-5-2/h8,11,15-20,24-29,31,33,35,38,59H,4-7,9-10,12-14,21-23,30,32,34,36-37,39-58H2,1-3H3/b11-8-,18-15-,19-16-,20-17-,27-24-,28-25-,29-26-,33-31-,38-35-. The van der Waals surface area contributed by atoms with Crippen LogP contribution in [0.15, 0.2) is 109 Å². The predicted octanol–water partition coefficient (Wildman–Crippen LogP) is 18.7. The maximum absolute atomic E-state index is 12.8. The fourth-order valence-corrected chi connectivity index (χ4v) is 7.28. The molecule has 0 aliphatic carbocycles. The van der Waals surface area contributed by atoms with Gasteiger partial charge in [0.05, 0.1) is 0 Å². The van der Waals surface area contributed by atoms with Crippen LogP contribution in [0.25, 0.3) is 0 Å².